The molecule has 2 nitrogen and oxygen atoms in total. The molecule has 0 aliphatic heterocycles. The lowest BCUT2D eigenvalue weighted by Gasteiger charge is -2.16. The molecule has 0 aromatic carbocycles. The van der Waals surface area contributed by atoms with Crippen LogP contribution >= 0.6 is 0 Å². The van der Waals surface area contributed by atoms with Gasteiger partial charge in [-0.3, -0.25) is 4.79 Å². The number of hydrogen-bond donors (Lipinski definition) is 0. The first-order chi connectivity index (χ1) is 6.33. The van der Waals surface area contributed by atoms with Crippen molar-refractivity contribution in [2.45, 2.75) is 39.0 Å². The van der Waals surface area contributed by atoms with E-state index in [4.69, 9.17) is 4.74 Å². The van der Waals surface area contributed by atoms with Gasteiger partial charge in [0.2, 0.25) is 0 Å². The molecule has 1 aliphatic carbocycles. The molecule has 0 heterocycles. The molecule has 0 N–H and O–H groups in total. The van der Waals surface area contributed by atoms with E-state index in [9.17, 15) is 4.79 Å². The average molecular weight is 182 g/mol. The Hall–Kier alpha value is -0.790. The maximum Gasteiger partial charge on any atom is 0.305 e. The van der Waals surface area contributed by atoms with Gasteiger partial charge in [-0.1, -0.05) is 12.2 Å². The fourth-order valence-corrected chi connectivity index (χ4v) is 1.67. The van der Waals surface area contributed by atoms with Crippen LogP contribution in [0.25, 0.3) is 0 Å². The molecule has 0 radical (unpaired) electrons. The summed E-state index contributed by atoms with van der Waals surface area (Å²) in [6, 6.07) is 0. The van der Waals surface area contributed by atoms with Crippen molar-refractivity contribution < 1.29 is 9.53 Å². The summed E-state index contributed by atoms with van der Waals surface area (Å²) in [4.78, 5) is 11.0. The SMILES string of the molecule is CCOC(=O)CCC1CC=CCC1. The summed E-state index contributed by atoms with van der Waals surface area (Å²) in [5.74, 6) is 0.659. The Morgan fingerprint density at radius 3 is 3.00 bits per heavy atom. The first-order valence-electron chi connectivity index (χ1n) is 5.13. The van der Waals surface area contributed by atoms with Crippen molar-refractivity contribution in [2.75, 3.05) is 6.61 Å². The minimum atomic E-state index is -0.0444. The van der Waals surface area contributed by atoms with Gasteiger partial charge in [-0.15, -0.1) is 0 Å². The smallest absolute Gasteiger partial charge is 0.305 e. The zero-order valence-electron chi connectivity index (χ0n) is 8.29. The molecule has 0 fully saturated rings. The zero-order chi connectivity index (χ0) is 9.52. The topological polar surface area (TPSA) is 26.3 Å². The average Bonchev–Trinajstić information content (AvgIpc) is 2.17. The molecular formula is C11H18O2. The van der Waals surface area contributed by atoms with Crippen molar-refractivity contribution in [2.24, 2.45) is 5.92 Å². The predicted octanol–water partition coefficient (Wildman–Crippen LogP) is 2.69. The van der Waals surface area contributed by atoms with Crippen LogP contribution in [0.5, 0.6) is 0 Å². The second-order valence-corrected chi connectivity index (χ2v) is 3.49. The van der Waals surface area contributed by atoms with Crippen LogP contribution in [0.4, 0.5) is 0 Å². The van der Waals surface area contributed by atoms with Gasteiger partial charge in [-0.2, -0.15) is 0 Å². The molecule has 0 bridgehead atoms. The number of carbonyl (C=O) groups is 1. The molecule has 0 saturated heterocycles. The van der Waals surface area contributed by atoms with Gasteiger partial charge >= 0.3 is 5.97 Å². The van der Waals surface area contributed by atoms with Gasteiger partial charge in [-0.25, -0.2) is 0 Å². The zero-order valence-corrected chi connectivity index (χ0v) is 8.29. The third-order valence-corrected chi connectivity index (χ3v) is 2.44. The van der Waals surface area contributed by atoms with Crippen LogP contribution in [-0.2, 0) is 9.53 Å². The maximum absolute atomic E-state index is 11.0. The van der Waals surface area contributed by atoms with Gasteiger partial charge < -0.3 is 4.74 Å². The standard InChI is InChI=1S/C11H18O2/c1-2-13-11(12)9-8-10-6-4-3-5-7-10/h3-4,10H,2,5-9H2,1H3. The summed E-state index contributed by atoms with van der Waals surface area (Å²) >= 11 is 0. The highest BCUT2D eigenvalue weighted by molar-refractivity contribution is 5.69. The van der Waals surface area contributed by atoms with E-state index in [1.807, 2.05) is 6.92 Å². The Kier molecular flexibility index (Phi) is 4.58. The Bertz CT molecular complexity index is 185. The monoisotopic (exact) mass is 182 g/mol. The second kappa shape index (κ2) is 5.79. The molecule has 13 heavy (non-hydrogen) atoms. The fraction of sp³-hybridized carbons (Fsp3) is 0.727. The lowest BCUT2D eigenvalue weighted by Crippen LogP contribution is -2.09. The van der Waals surface area contributed by atoms with E-state index >= 15 is 0 Å². The molecular weight excluding hydrogens is 164 g/mol. The second-order valence-electron chi connectivity index (χ2n) is 3.49. The molecule has 0 aromatic rings. The lowest BCUT2D eigenvalue weighted by atomic mass is 9.90. The van der Waals surface area contributed by atoms with E-state index in [2.05, 4.69) is 12.2 Å². The van der Waals surface area contributed by atoms with Gasteiger partial charge in [-0.05, 0) is 38.5 Å². The van der Waals surface area contributed by atoms with Crippen LogP contribution in [0.3, 0.4) is 0 Å². The molecule has 1 atom stereocenters. The predicted molar refractivity (Wildman–Crippen MR) is 52.3 cm³/mol. The van der Waals surface area contributed by atoms with E-state index in [0.29, 0.717) is 18.9 Å². The summed E-state index contributed by atoms with van der Waals surface area (Å²) in [5.41, 5.74) is 0. The third-order valence-electron chi connectivity index (χ3n) is 2.44. The number of esters is 1. The van der Waals surface area contributed by atoms with Gasteiger partial charge in [0.25, 0.3) is 0 Å². The molecule has 1 aliphatic rings. The van der Waals surface area contributed by atoms with Crippen LogP contribution in [0, 0.1) is 5.92 Å². The van der Waals surface area contributed by atoms with Gasteiger partial charge in [0.05, 0.1) is 6.61 Å². The number of allylic oxidation sites excluding steroid dienone is 2. The van der Waals surface area contributed by atoms with Gasteiger partial charge in [0.15, 0.2) is 0 Å². The first-order valence-corrected chi connectivity index (χ1v) is 5.13. The number of hydrogen-bond acceptors (Lipinski definition) is 2. The van der Waals surface area contributed by atoms with Crippen LogP contribution < -0.4 is 0 Å². The van der Waals surface area contributed by atoms with Gasteiger partial charge in [0.1, 0.15) is 0 Å². The van der Waals surface area contributed by atoms with E-state index in [1.165, 1.54) is 12.8 Å². The van der Waals surface area contributed by atoms with E-state index in [0.717, 1.165) is 12.8 Å². The Morgan fingerprint density at radius 1 is 1.54 bits per heavy atom. The molecule has 0 amide bonds. The normalized spacial score (nSPS) is 21.5. The van der Waals surface area contributed by atoms with Crippen molar-refractivity contribution in [3.8, 4) is 0 Å². The van der Waals surface area contributed by atoms with Crippen LogP contribution in [0.1, 0.15) is 39.0 Å². The third kappa shape index (κ3) is 4.11. The summed E-state index contributed by atoms with van der Waals surface area (Å²) < 4.78 is 4.88. The molecule has 0 saturated carbocycles. The molecule has 0 spiro atoms. The van der Waals surface area contributed by atoms with Crippen LogP contribution in [-0.4, -0.2) is 12.6 Å². The summed E-state index contributed by atoms with van der Waals surface area (Å²) in [5, 5.41) is 0. The molecule has 1 unspecified atom stereocenters. The minimum Gasteiger partial charge on any atom is -0.466 e. The highest BCUT2D eigenvalue weighted by Crippen LogP contribution is 2.22. The van der Waals surface area contributed by atoms with E-state index in [-0.39, 0.29) is 5.97 Å². The number of carbonyl (C=O) groups excluding carboxylic acids is 1. The first kappa shape index (κ1) is 10.3. The van der Waals surface area contributed by atoms with Crippen molar-refractivity contribution >= 4 is 5.97 Å². The summed E-state index contributed by atoms with van der Waals surface area (Å²) in [7, 11) is 0. The summed E-state index contributed by atoms with van der Waals surface area (Å²) in [6.07, 6.45) is 9.57. The van der Waals surface area contributed by atoms with Crippen LogP contribution in [0.15, 0.2) is 12.2 Å². The number of ether oxygens (including phenoxy) is 1. The molecule has 0 aromatic heterocycles. The van der Waals surface area contributed by atoms with E-state index < -0.39 is 0 Å². The highest BCUT2D eigenvalue weighted by atomic mass is 16.5. The Balaban J connectivity index is 2.11. The quantitative estimate of drug-likeness (QED) is 0.493. The molecule has 1 rings (SSSR count). The molecule has 2 heteroatoms. The van der Waals surface area contributed by atoms with E-state index in [1.54, 1.807) is 0 Å². The fourth-order valence-electron chi connectivity index (χ4n) is 1.67. The molecule has 74 valence electrons. The van der Waals surface area contributed by atoms with Crippen molar-refractivity contribution in [1.29, 1.82) is 0 Å². The maximum atomic E-state index is 11.0. The van der Waals surface area contributed by atoms with Crippen molar-refractivity contribution in [1.82, 2.24) is 0 Å². The largest absolute Gasteiger partial charge is 0.466 e. The summed E-state index contributed by atoms with van der Waals surface area (Å²) in [6.45, 7) is 2.35. The van der Waals surface area contributed by atoms with Crippen LogP contribution in [0.2, 0.25) is 0 Å². The van der Waals surface area contributed by atoms with Crippen molar-refractivity contribution in [3.63, 3.8) is 0 Å². The highest BCUT2D eigenvalue weighted by Gasteiger charge is 2.12. The van der Waals surface area contributed by atoms with Crippen molar-refractivity contribution in [3.05, 3.63) is 12.2 Å². The Labute approximate surface area is 80.0 Å². The number of rotatable bonds is 4. The Morgan fingerprint density at radius 2 is 2.38 bits per heavy atom. The lowest BCUT2D eigenvalue weighted by molar-refractivity contribution is -0.143. The van der Waals surface area contributed by atoms with Gasteiger partial charge in [0, 0.05) is 6.42 Å². The minimum absolute atomic E-state index is 0.0444.